The van der Waals surface area contributed by atoms with Crippen molar-refractivity contribution in [3.05, 3.63) is 71.9 Å². The molecule has 0 unspecified atom stereocenters. The standard InChI is InChI=1S/C17H16N2O/c18-11-5-10-17(16(19)20)14-8-3-1-6-12(14)13-7-2-4-9-15(13)17/h1-9,11H,10,18H2,(H2,19,20)/b11-5+. The van der Waals surface area contributed by atoms with Gasteiger partial charge in [0.2, 0.25) is 5.91 Å². The van der Waals surface area contributed by atoms with Crippen molar-refractivity contribution >= 4 is 5.91 Å². The first-order valence-electron chi connectivity index (χ1n) is 6.58. The highest BCUT2D eigenvalue weighted by atomic mass is 16.1. The Balaban J connectivity index is 2.36. The zero-order valence-corrected chi connectivity index (χ0v) is 11.0. The Bertz CT molecular complexity index is 658. The van der Waals surface area contributed by atoms with Crippen LogP contribution in [0.3, 0.4) is 0 Å². The van der Waals surface area contributed by atoms with E-state index in [0.717, 1.165) is 22.3 Å². The lowest BCUT2D eigenvalue weighted by Crippen LogP contribution is -2.40. The predicted molar refractivity (Wildman–Crippen MR) is 79.8 cm³/mol. The summed E-state index contributed by atoms with van der Waals surface area (Å²) in [4.78, 5) is 12.3. The molecule has 0 saturated heterocycles. The quantitative estimate of drug-likeness (QED) is 0.893. The molecule has 20 heavy (non-hydrogen) atoms. The molecule has 0 bridgehead atoms. The number of fused-ring (bicyclic) bond motifs is 3. The lowest BCUT2D eigenvalue weighted by molar-refractivity contribution is -0.122. The van der Waals surface area contributed by atoms with Gasteiger partial charge in [-0.1, -0.05) is 54.6 Å². The van der Waals surface area contributed by atoms with Gasteiger partial charge < -0.3 is 11.5 Å². The molecule has 3 heteroatoms. The van der Waals surface area contributed by atoms with Crippen molar-refractivity contribution in [2.45, 2.75) is 11.8 Å². The normalized spacial score (nSPS) is 15.0. The van der Waals surface area contributed by atoms with Crippen LogP contribution in [0, 0.1) is 0 Å². The van der Waals surface area contributed by atoms with E-state index in [1.54, 1.807) is 6.08 Å². The summed E-state index contributed by atoms with van der Waals surface area (Å²) in [7, 11) is 0. The second kappa shape index (κ2) is 4.53. The monoisotopic (exact) mass is 264 g/mol. The first-order valence-corrected chi connectivity index (χ1v) is 6.58. The Morgan fingerprint density at radius 2 is 1.50 bits per heavy atom. The molecule has 2 aromatic carbocycles. The van der Waals surface area contributed by atoms with Gasteiger partial charge in [0.05, 0.1) is 0 Å². The van der Waals surface area contributed by atoms with Gasteiger partial charge in [0.25, 0.3) is 0 Å². The minimum Gasteiger partial charge on any atom is -0.405 e. The summed E-state index contributed by atoms with van der Waals surface area (Å²) in [5.74, 6) is -0.340. The van der Waals surface area contributed by atoms with E-state index in [2.05, 4.69) is 0 Å². The Morgan fingerprint density at radius 1 is 1.00 bits per heavy atom. The van der Waals surface area contributed by atoms with Crippen molar-refractivity contribution in [2.75, 3.05) is 0 Å². The number of allylic oxidation sites excluding steroid dienone is 1. The summed E-state index contributed by atoms with van der Waals surface area (Å²) in [6.07, 6.45) is 3.74. The number of carbonyl (C=O) groups excluding carboxylic acids is 1. The third-order valence-corrected chi connectivity index (χ3v) is 4.04. The second-order valence-corrected chi connectivity index (χ2v) is 4.99. The molecule has 0 saturated carbocycles. The number of amides is 1. The van der Waals surface area contributed by atoms with Gasteiger partial charge in [-0.2, -0.15) is 0 Å². The number of hydrogen-bond acceptors (Lipinski definition) is 2. The molecule has 100 valence electrons. The van der Waals surface area contributed by atoms with Crippen LogP contribution in [-0.4, -0.2) is 5.91 Å². The number of rotatable bonds is 3. The summed E-state index contributed by atoms with van der Waals surface area (Å²) in [5.41, 5.74) is 14.5. The molecule has 0 heterocycles. The number of nitrogens with two attached hydrogens (primary N) is 2. The summed E-state index contributed by atoms with van der Waals surface area (Å²) < 4.78 is 0. The Morgan fingerprint density at radius 3 is 1.95 bits per heavy atom. The van der Waals surface area contributed by atoms with E-state index in [0.29, 0.717) is 6.42 Å². The Kier molecular flexibility index (Phi) is 2.83. The maximum atomic E-state index is 12.3. The van der Waals surface area contributed by atoms with Crippen LogP contribution < -0.4 is 11.5 Å². The first kappa shape index (κ1) is 12.5. The fourth-order valence-electron chi connectivity index (χ4n) is 3.16. The summed E-state index contributed by atoms with van der Waals surface area (Å²) in [5, 5.41) is 0. The van der Waals surface area contributed by atoms with Crippen LogP contribution in [0.15, 0.2) is 60.8 Å². The molecular weight excluding hydrogens is 248 g/mol. The van der Waals surface area contributed by atoms with Gasteiger partial charge in [0.15, 0.2) is 0 Å². The van der Waals surface area contributed by atoms with Crippen molar-refractivity contribution in [3.8, 4) is 11.1 Å². The highest BCUT2D eigenvalue weighted by molar-refractivity contribution is 6.00. The molecule has 0 spiro atoms. The lowest BCUT2D eigenvalue weighted by atomic mass is 9.75. The van der Waals surface area contributed by atoms with Crippen molar-refractivity contribution in [3.63, 3.8) is 0 Å². The zero-order valence-electron chi connectivity index (χ0n) is 11.0. The first-order chi connectivity index (χ1) is 9.71. The lowest BCUT2D eigenvalue weighted by Gasteiger charge is -2.27. The molecule has 3 nitrogen and oxygen atoms in total. The van der Waals surface area contributed by atoms with Gasteiger partial charge >= 0.3 is 0 Å². The van der Waals surface area contributed by atoms with Gasteiger partial charge in [-0.3, -0.25) is 4.79 Å². The van der Waals surface area contributed by atoms with Crippen molar-refractivity contribution in [1.82, 2.24) is 0 Å². The van der Waals surface area contributed by atoms with Gasteiger partial charge in [0.1, 0.15) is 5.41 Å². The Labute approximate surface area is 117 Å². The average Bonchev–Trinajstić information content (AvgIpc) is 2.77. The van der Waals surface area contributed by atoms with Gasteiger partial charge in [-0.25, -0.2) is 0 Å². The third-order valence-electron chi connectivity index (χ3n) is 4.04. The van der Waals surface area contributed by atoms with E-state index in [9.17, 15) is 4.79 Å². The molecule has 4 N–H and O–H groups in total. The SMILES string of the molecule is N/C=C/CC1(C(N)=O)c2ccccc2-c2ccccc21. The summed E-state index contributed by atoms with van der Waals surface area (Å²) in [6.45, 7) is 0. The topological polar surface area (TPSA) is 69.1 Å². The molecule has 1 amide bonds. The van der Waals surface area contributed by atoms with Crippen LogP contribution in [0.4, 0.5) is 0 Å². The zero-order chi connectivity index (χ0) is 14.2. The van der Waals surface area contributed by atoms with Crippen molar-refractivity contribution in [1.29, 1.82) is 0 Å². The average molecular weight is 264 g/mol. The molecule has 3 rings (SSSR count). The van der Waals surface area contributed by atoms with Crippen LogP contribution in [0.1, 0.15) is 17.5 Å². The van der Waals surface area contributed by atoms with Gasteiger partial charge in [-0.05, 0) is 34.9 Å². The van der Waals surface area contributed by atoms with E-state index >= 15 is 0 Å². The molecular formula is C17H16N2O. The minimum absolute atomic E-state index is 0.340. The van der Waals surface area contributed by atoms with Crippen molar-refractivity contribution in [2.24, 2.45) is 11.5 Å². The maximum Gasteiger partial charge on any atom is 0.232 e. The number of benzene rings is 2. The molecule has 2 aromatic rings. The molecule has 1 aliphatic carbocycles. The van der Waals surface area contributed by atoms with Crippen LogP contribution in [0.2, 0.25) is 0 Å². The Hall–Kier alpha value is -2.55. The smallest absolute Gasteiger partial charge is 0.232 e. The summed E-state index contributed by atoms with van der Waals surface area (Å²) >= 11 is 0. The largest absolute Gasteiger partial charge is 0.405 e. The number of carbonyl (C=O) groups is 1. The van der Waals surface area contributed by atoms with Crippen LogP contribution in [0.25, 0.3) is 11.1 Å². The molecule has 0 fully saturated rings. The number of hydrogen-bond donors (Lipinski definition) is 2. The molecule has 0 radical (unpaired) electrons. The number of primary amides is 1. The fourth-order valence-corrected chi connectivity index (χ4v) is 3.16. The molecule has 0 aromatic heterocycles. The molecule has 0 aliphatic heterocycles. The van der Waals surface area contributed by atoms with Crippen LogP contribution in [0.5, 0.6) is 0 Å². The van der Waals surface area contributed by atoms with Crippen LogP contribution >= 0.6 is 0 Å². The van der Waals surface area contributed by atoms with Gasteiger partial charge in [0, 0.05) is 0 Å². The van der Waals surface area contributed by atoms with Crippen LogP contribution in [-0.2, 0) is 10.2 Å². The minimum atomic E-state index is -0.816. The van der Waals surface area contributed by atoms with E-state index < -0.39 is 5.41 Å². The second-order valence-electron chi connectivity index (χ2n) is 4.99. The summed E-state index contributed by atoms with van der Waals surface area (Å²) in [6, 6.07) is 15.9. The van der Waals surface area contributed by atoms with E-state index in [4.69, 9.17) is 11.5 Å². The molecule has 0 atom stereocenters. The fraction of sp³-hybridized carbons (Fsp3) is 0.118. The maximum absolute atomic E-state index is 12.3. The predicted octanol–water partition coefficient (Wildman–Crippen LogP) is 2.30. The van der Waals surface area contributed by atoms with E-state index in [1.165, 1.54) is 6.20 Å². The van der Waals surface area contributed by atoms with Gasteiger partial charge in [-0.15, -0.1) is 0 Å². The van der Waals surface area contributed by atoms with E-state index in [1.807, 2.05) is 48.5 Å². The van der Waals surface area contributed by atoms with Crippen molar-refractivity contribution < 1.29 is 4.79 Å². The highest BCUT2D eigenvalue weighted by Gasteiger charge is 2.46. The molecule has 1 aliphatic rings. The van der Waals surface area contributed by atoms with E-state index in [-0.39, 0.29) is 5.91 Å². The highest BCUT2D eigenvalue weighted by Crippen LogP contribution is 2.50. The third kappa shape index (κ3) is 1.50.